The maximum absolute atomic E-state index is 8.93. The summed E-state index contributed by atoms with van der Waals surface area (Å²) in [5, 5.41) is 8.93. The van der Waals surface area contributed by atoms with Crippen LogP contribution >= 0.6 is 0 Å². The number of aliphatic hydroxyl groups excluding tert-OH is 1. The van der Waals surface area contributed by atoms with Gasteiger partial charge in [-0.1, -0.05) is 42.0 Å². The lowest BCUT2D eigenvalue weighted by molar-refractivity contribution is 0.118. The van der Waals surface area contributed by atoms with E-state index in [0.717, 1.165) is 39.3 Å². The lowest BCUT2D eigenvalue weighted by Gasteiger charge is -2.34. The Morgan fingerprint density at radius 2 is 1.74 bits per heavy atom. The van der Waals surface area contributed by atoms with Crippen LogP contribution in [0, 0.1) is 0 Å². The molecule has 1 aromatic carbocycles. The standard InChI is InChI=1S/C16H24N2O/c1-15(13-16-5-3-2-4-6-16)14-18-9-7-17(8-10-18)11-12-19/h2-6,13,19H,7-12,14H2,1H3. The summed E-state index contributed by atoms with van der Waals surface area (Å²) in [4.78, 5) is 4.81. The van der Waals surface area contributed by atoms with Crippen LogP contribution in [0.1, 0.15) is 12.5 Å². The molecule has 1 fully saturated rings. The lowest BCUT2D eigenvalue weighted by Crippen LogP contribution is -2.47. The minimum Gasteiger partial charge on any atom is -0.395 e. The van der Waals surface area contributed by atoms with Gasteiger partial charge in [-0.05, 0) is 12.5 Å². The van der Waals surface area contributed by atoms with Crippen molar-refractivity contribution in [2.75, 3.05) is 45.9 Å². The highest BCUT2D eigenvalue weighted by Gasteiger charge is 2.15. The quantitative estimate of drug-likeness (QED) is 0.873. The largest absolute Gasteiger partial charge is 0.395 e. The van der Waals surface area contributed by atoms with Crippen molar-refractivity contribution < 1.29 is 5.11 Å². The molecule has 0 unspecified atom stereocenters. The fraction of sp³-hybridized carbons (Fsp3) is 0.500. The van der Waals surface area contributed by atoms with Gasteiger partial charge in [0.2, 0.25) is 0 Å². The molecule has 3 heteroatoms. The molecular formula is C16H24N2O. The van der Waals surface area contributed by atoms with Gasteiger partial charge in [-0.25, -0.2) is 0 Å². The van der Waals surface area contributed by atoms with Crippen LogP contribution in [0.2, 0.25) is 0 Å². The Kier molecular flexibility index (Phi) is 5.58. The molecule has 1 aliphatic heterocycles. The van der Waals surface area contributed by atoms with Crippen LogP contribution in [-0.2, 0) is 0 Å². The maximum atomic E-state index is 8.93. The first-order valence-corrected chi connectivity index (χ1v) is 7.06. The zero-order valence-corrected chi connectivity index (χ0v) is 11.8. The molecule has 0 amide bonds. The molecule has 0 saturated carbocycles. The van der Waals surface area contributed by atoms with E-state index in [1.807, 2.05) is 6.07 Å². The van der Waals surface area contributed by atoms with Gasteiger partial charge in [0, 0.05) is 39.3 Å². The predicted molar refractivity (Wildman–Crippen MR) is 80.1 cm³/mol. The second-order valence-corrected chi connectivity index (χ2v) is 5.24. The molecule has 1 heterocycles. The number of benzene rings is 1. The second-order valence-electron chi connectivity index (χ2n) is 5.24. The molecule has 1 aromatic rings. The van der Waals surface area contributed by atoms with Crippen molar-refractivity contribution in [2.24, 2.45) is 0 Å². The second kappa shape index (κ2) is 7.43. The van der Waals surface area contributed by atoms with Crippen molar-refractivity contribution in [1.82, 2.24) is 9.80 Å². The van der Waals surface area contributed by atoms with Gasteiger partial charge in [0.25, 0.3) is 0 Å². The van der Waals surface area contributed by atoms with Crippen LogP contribution in [0.4, 0.5) is 0 Å². The zero-order valence-electron chi connectivity index (χ0n) is 11.8. The number of hydrogen-bond donors (Lipinski definition) is 1. The predicted octanol–water partition coefficient (Wildman–Crippen LogP) is 1.70. The van der Waals surface area contributed by atoms with Gasteiger partial charge in [0.15, 0.2) is 0 Å². The summed E-state index contributed by atoms with van der Waals surface area (Å²) in [5.74, 6) is 0. The van der Waals surface area contributed by atoms with E-state index in [-0.39, 0.29) is 6.61 Å². The van der Waals surface area contributed by atoms with Gasteiger partial charge in [-0.2, -0.15) is 0 Å². The van der Waals surface area contributed by atoms with Crippen molar-refractivity contribution in [2.45, 2.75) is 6.92 Å². The number of piperazine rings is 1. The average Bonchev–Trinajstić information content (AvgIpc) is 2.42. The van der Waals surface area contributed by atoms with Crippen molar-refractivity contribution >= 4 is 6.08 Å². The minimum atomic E-state index is 0.271. The Morgan fingerprint density at radius 1 is 1.11 bits per heavy atom. The molecule has 0 bridgehead atoms. The smallest absolute Gasteiger partial charge is 0.0558 e. The van der Waals surface area contributed by atoms with Gasteiger partial charge < -0.3 is 5.11 Å². The van der Waals surface area contributed by atoms with Crippen LogP contribution in [0.5, 0.6) is 0 Å². The van der Waals surface area contributed by atoms with E-state index < -0.39 is 0 Å². The molecular weight excluding hydrogens is 236 g/mol. The number of hydrogen-bond acceptors (Lipinski definition) is 3. The molecule has 2 rings (SSSR count). The van der Waals surface area contributed by atoms with Gasteiger partial charge in [0.05, 0.1) is 6.61 Å². The van der Waals surface area contributed by atoms with E-state index in [1.54, 1.807) is 0 Å². The number of rotatable bonds is 5. The fourth-order valence-electron chi connectivity index (χ4n) is 2.54. The minimum absolute atomic E-state index is 0.271. The van der Waals surface area contributed by atoms with Gasteiger partial charge >= 0.3 is 0 Å². The van der Waals surface area contributed by atoms with Crippen molar-refractivity contribution in [3.8, 4) is 0 Å². The first-order chi connectivity index (χ1) is 9.28. The van der Waals surface area contributed by atoms with Gasteiger partial charge in [-0.15, -0.1) is 0 Å². The summed E-state index contributed by atoms with van der Waals surface area (Å²) in [6.07, 6.45) is 2.26. The summed E-state index contributed by atoms with van der Waals surface area (Å²) in [6, 6.07) is 10.5. The van der Waals surface area contributed by atoms with E-state index in [4.69, 9.17) is 5.11 Å². The molecule has 104 valence electrons. The first kappa shape index (κ1) is 14.3. The Balaban J connectivity index is 1.80. The molecule has 0 aliphatic carbocycles. The van der Waals surface area contributed by atoms with Crippen molar-refractivity contribution in [1.29, 1.82) is 0 Å². The fourth-order valence-corrected chi connectivity index (χ4v) is 2.54. The summed E-state index contributed by atoms with van der Waals surface area (Å²) >= 11 is 0. The molecule has 3 nitrogen and oxygen atoms in total. The zero-order chi connectivity index (χ0) is 13.5. The summed E-state index contributed by atoms with van der Waals surface area (Å²) < 4.78 is 0. The molecule has 1 aliphatic rings. The van der Waals surface area contributed by atoms with E-state index in [0.29, 0.717) is 0 Å². The van der Waals surface area contributed by atoms with Crippen LogP contribution < -0.4 is 0 Å². The third-order valence-corrected chi connectivity index (χ3v) is 3.57. The third-order valence-electron chi connectivity index (χ3n) is 3.57. The highest BCUT2D eigenvalue weighted by atomic mass is 16.3. The Morgan fingerprint density at radius 3 is 2.37 bits per heavy atom. The monoisotopic (exact) mass is 260 g/mol. The SMILES string of the molecule is CC(=Cc1ccccc1)CN1CCN(CCO)CC1. The Labute approximate surface area is 116 Å². The summed E-state index contributed by atoms with van der Waals surface area (Å²) in [7, 11) is 0. The maximum Gasteiger partial charge on any atom is 0.0558 e. The van der Waals surface area contributed by atoms with E-state index in [9.17, 15) is 0 Å². The van der Waals surface area contributed by atoms with E-state index >= 15 is 0 Å². The average molecular weight is 260 g/mol. The molecule has 0 spiro atoms. The highest BCUT2D eigenvalue weighted by molar-refractivity contribution is 5.52. The van der Waals surface area contributed by atoms with E-state index in [2.05, 4.69) is 47.1 Å². The highest BCUT2D eigenvalue weighted by Crippen LogP contribution is 2.09. The Hall–Kier alpha value is -1.16. The van der Waals surface area contributed by atoms with Crippen LogP contribution in [0.3, 0.4) is 0 Å². The van der Waals surface area contributed by atoms with Crippen LogP contribution in [-0.4, -0.2) is 60.8 Å². The number of nitrogens with zero attached hydrogens (tertiary/aromatic N) is 2. The molecule has 1 saturated heterocycles. The van der Waals surface area contributed by atoms with Gasteiger partial charge in [-0.3, -0.25) is 9.80 Å². The molecule has 0 aromatic heterocycles. The summed E-state index contributed by atoms with van der Waals surface area (Å²) in [5.41, 5.74) is 2.68. The molecule has 0 radical (unpaired) electrons. The molecule has 1 N–H and O–H groups in total. The number of β-amino-alcohol motifs (C(OH)–C–C–N with tert-alkyl or cyclic N) is 1. The first-order valence-electron chi connectivity index (χ1n) is 7.06. The molecule has 19 heavy (non-hydrogen) atoms. The van der Waals surface area contributed by atoms with Gasteiger partial charge in [0.1, 0.15) is 0 Å². The normalized spacial score (nSPS) is 18.7. The molecule has 0 atom stereocenters. The Bertz CT molecular complexity index is 394. The van der Waals surface area contributed by atoms with Crippen LogP contribution in [0.25, 0.3) is 6.08 Å². The summed E-state index contributed by atoms with van der Waals surface area (Å²) in [6.45, 7) is 8.66. The van der Waals surface area contributed by atoms with Crippen molar-refractivity contribution in [3.05, 3.63) is 41.5 Å². The lowest BCUT2D eigenvalue weighted by atomic mass is 10.1. The number of aliphatic hydroxyl groups is 1. The topological polar surface area (TPSA) is 26.7 Å². The third kappa shape index (κ3) is 4.78. The van der Waals surface area contributed by atoms with Crippen molar-refractivity contribution in [3.63, 3.8) is 0 Å². The van der Waals surface area contributed by atoms with E-state index in [1.165, 1.54) is 11.1 Å². The van der Waals surface area contributed by atoms with Crippen LogP contribution in [0.15, 0.2) is 35.9 Å².